The molecule has 6 nitrogen and oxygen atoms in total. The highest BCUT2D eigenvalue weighted by Crippen LogP contribution is 2.15. The summed E-state index contributed by atoms with van der Waals surface area (Å²) < 4.78 is 40.2. The lowest BCUT2D eigenvalue weighted by molar-refractivity contribution is -0.152. The van der Waals surface area contributed by atoms with E-state index in [4.69, 9.17) is 9.29 Å². The topological polar surface area (TPSA) is 89.9 Å². The summed E-state index contributed by atoms with van der Waals surface area (Å²) >= 11 is 0. The first-order valence-corrected chi connectivity index (χ1v) is 16.1. The van der Waals surface area contributed by atoms with Crippen molar-refractivity contribution in [3.63, 3.8) is 0 Å². The van der Waals surface area contributed by atoms with E-state index in [0.29, 0.717) is 6.42 Å². The predicted octanol–water partition coefficient (Wildman–Crippen LogP) is 8.73. The molecule has 0 aromatic carbocycles. The number of hydrogen-bond acceptors (Lipinski definition) is 5. The Hall–Kier alpha value is -0.660. The molecule has 0 aromatic heterocycles. The molecule has 0 heterocycles. The average Bonchev–Trinajstić information content (AvgIpc) is 2.81. The summed E-state index contributed by atoms with van der Waals surface area (Å²) in [6.07, 6.45) is 26.6. The maximum atomic E-state index is 12.0. The molecule has 0 amide bonds. The van der Waals surface area contributed by atoms with Crippen molar-refractivity contribution in [2.24, 2.45) is 0 Å². The van der Waals surface area contributed by atoms with Crippen LogP contribution in [0.5, 0.6) is 0 Å². The van der Waals surface area contributed by atoms with Crippen LogP contribution in [-0.4, -0.2) is 31.7 Å². The van der Waals surface area contributed by atoms with E-state index in [1.165, 1.54) is 109 Å². The lowest BCUT2D eigenvalue weighted by atomic mass is 10.0. The van der Waals surface area contributed by atoms with Crippen molar-refractivity contribution in [3.05, 3.63) is 0 Å². The van der Waals surface area contributed by atoms with Crippen molar-refractivity contribution in [2.75, 3.05) is 6.61 Å². The van der Waals surface area contributed by atoms with Gasteiger partial charge in [0.2, 0.25) is 0 Å². The summed E-state index contributed by atoms with van der Waals surface area (Å²) in [7, 11) is -4.66. The maximum Gasteiger partial charge on any atom is 0.398 e. The number of unbranched alkanes of at least 4 members (excludes halogenated alkanes) is 20. The van der Waals surface area contributed by atoms with Crippen LogP contribution in [0, 0.1) is 0 Å². The van der Waals surface area contributed by atoms with Gasteiger partial charge in [0.1, 0.15) is 0 Å². The minimum absolute atomic E-state index is 0.217. The summed E-state index contributed by atoms with van der Waals surface area (Å²) in [5.74, 6) is -0.714. The molecule has 0 aliphatic rings. The number of carbonyl (C=O) groups excluding carboxylic acids is 1. The van der Waals surface area contributed by atoms with Gasteiger partial charge in [-0.3, -0.25) is 4.55 Å². The molecule has 0 bridgehead atoms. The Labute approximate surface area is 217 Å². The monoisotopic (exact) mass is 520 g/mol. The molecule has 0 radical (unpaired) electrons. The van der Waals surface area contributed by atoms with E-state index in [-0.39, 0.29) is 13.0 Å². The zero-order chi connectivity index (χ0) is 26.0. The third-order valence-corrected chi connectivity index (χ3v) is 7.04. The molecular formula is C28H56O6S. The first-order chi connectivity index (χ1) is 16.9. The van der Waals surface area contributed by atoms with Crippen LogP contribution in [0.25, 0.3) is 0 Å². The largest absolute Gasteiger partial charge is 0.464 e. The van der Waals surface area contributed by atoms with Crippen molar-refractivity contribution in [1.29, 1.82) is 0 Å². The second-order valence-corrected chi connectivity index (χ2v) is 11.1. The van der Waals surface area contributed by atoms with Crippen LogP contribution in [0.2, 0.25) is 0 Å². The minimum Gasteiger partial charge on any atom is -0.464 e. The highest BCUT2D eigenvalue weighted by molar-refractivity contribution is 7.80. The Morgan fingerprint density at radius 1 is 0.600 bits per heavy atom. The zero-order valence-corrected chi connectivity index (χ0v) is 23.8. The fourth-order valence-corrected chi connectivity index (χ4v) is 4.83. The number of esters is 1. The molecule has 0 rings (SSSR count). The van der Waals surface area contributed by atoms with Crippen molar-refractivity contribution in [3.8, 4) is 0 Å². The number of carbonyl (C=O) groups is 1. The SMILES string of the molecule is CCCCCCCCCCCCCCCCCCCCCCOC(=O)C(CCCC)OS(=O)(=O)O. The third-order valence-electron chi connectivity index (χ3n) is 6.56. The first kappa shape index (κ1) is 34.3. The van der Waals surface area contributed by atoms with Crippen LogP contribution in [-0.2, 0) is 24.1 Å². The Balaban J connectivity index is 3.41. The summed E-state index contributed by atoms with van der Waals surface area (Å²) in [4.78, 5) is 12.0. The molecule has 210 valence electrons. The summed E-state index contributed by atoms with van der Waals surface area (Å²) in [6.45, 7) is 4.46. The molecule has 0 aliphatic heterocycles. The Morgan fingerprint density at radius 3 is 1.29 bits per heavy atom. The van der Waals surface area contributed by atoms with Gasteiger partial charge < -0.3 is 4.74 Å². The second kappa shape index (κ2) is 25.0. The molecule has 0 aliphatic carbocycles. The summed E-state index contributed by atoms with van der Waals surface area (Å²) in [5, 5.41) is 0. The number of hydrogen-bond donors (Lipinski definition) is 1. The Bertz CT molecular complexity index is 564. The predicted molar refractivity (Wildman–Crippen MR) is 145 cm³/mol. The zero-order valence-electron chi connectivity index (χ0n) is 22.9. The third kappa shape index (κ3) is 26.2. The van der Waals surface area contributed by atoms with Gasteiger partial charge in [0.25, 0.3) is 0 Å². The fraction of sp³-hybridized carbons (Fsp3) is 0.964. The Kier molecular flexibility index (Phi) is 24.5. The lowest BCUT2D eigenvalue weighted by Crippen LogP contribution is -2.29. The van der Waals surface area contributed by atoms with Crippen LogP contribution in [0.15, 0.2) is 0 Å². The molecule has 0 spiro atoms. The van der Waals surface area contributed by atoms with E-state index >= 15 is 0 Å². The van der Waals surface area contributed by atoms with E-state index in [1.54, 1.807) is 0 Å². The van der Waals surface area contributed by atoms with Gasteiger partial charge in [0.15, 0.2) is 6.10 Å². The van der Waals surface area contributed by atoms with Crippen LogP contribution in [0.1, 0.15) is 162 Å². The smallest absolute Gasteiger partial charge is 0.398 e. The van der Waals surface area contributed by atoms with Gasteiger partial charge in [-0.1, -0.05) is 149 Å². The van der Waals surface area contributed by atoms with Crippen molar-refractivity contribution in [2.45, 2.75) is 168 Å². The molecular weight excluding hydrogens is 464 g/mol. The average molecular weight is 521 g/mol. The van der Waals surface area contributed by atoms with E-state index in [0.717, 1.165) is 25.7 Å². The number of rotatable bonds is 27. The maximum absolute atomic E-state index is 12.0. The highest BCUT2D eigenvalue weighted by atomic mass is 32.3. The number of ether oxygens (including phenoxy) is 1. The minimum atomic E-state index is -4.66. The highest BCUT2D eigenvalue weighted by Gasteiger charge is 2.25. The molecule has 0 saturated carbocycles. The van der Waals surface area contributed by atoms with Gasteiger partial charge in [-0.15, -0.1) is 0 Å². The second-order valence-electron chi connectivity index (χ2n) is 10.0. The van der Waals surface area contributed by atoms with Gasteiger partial charge in [-0.2, -0.15) is 8.42 Å². The standard InChI is InChI=1S/C28H56O6S/c1-3-5-7-8-9-10-11-12-13-14-15-16-17-18-19-20-21-22-23-24-26-33-28(29)27(25-6-4-2)34-35(30,31)32/h27H,3-26H2,1-2H3,(H,30,31,32). The molecule has 1 unspecified atom stereocenters. The van der Waals surface area contributed by atoms with E-state index < -0.39 is 22.5 Å². The van der Waals surface area contributed by atoms with Crippen LogP contribution < -0.4 is 0 Å². The lowest BCUT2D eigenvalue weighted by Gasteiger charge is -2.14. The summed E-state index contributed by atoms with van der Waals surface area (Å²) in [5.41, 5.74) is 0. The van der Waals surface area contributed by atoms with Crippen molar-refractivity contribution < 1.29 is 26.7 Å². The van der Waals surface area contributed by atoms with Crippen LogP contribution in [0.3, 0.4) is 0 Å². The van der Waals surface area contributed by atoms with Crippen molar-refractivity contribution >= 4 is 16.4 Å². The summed E-state index contributed by atoms with van der Waals surface area (Å²) in [6, 6.07) is 0. The fourth-order valence-electron chi connectivity index (χ4n) is 4.36. The normalized spacial score (nSPS) is 12.7. The molecule has 0 aromatic rings. The van der Waals surface area contributed by atoms with E-state index in [1.807, 2.05) is 6.92 Å². The molecule has 0 saturated heterocycles. The quantitative estimate of drug-likeness (QED) is 0.0661. The first-order valence-electron chi connectivity index (χ1n) is 14.7. The molecule has 1 N–H and O–H groups in total. The van der Waals surface area contributed by atoms with Gasteiger partial charge in [-0.25, -0.2) is 8.98 Å². The van der Waals surface area contributed by atoms with E-state index in [2.05, 4.69) is 11.1 Å². The molecule has 0 fully saturated rings. The molecule has 1 atom stereocenters. The molecule has 35 heavy (non-hydrogen) atoms. The van der Waals surface area contributed by atoms with Gasteiger partial charge in [-0.05, 0) is 12.8 Å². The van der Waals surface area contributed by atoms with Crippen LogP contribution in [0.4, 0.5) is 0 Å². The van der Waals surface area contributed by atoms with Gasteiger partial charge in [0.05, 0.1) is 6.61 Å². The Morgan fingerprint density at radius 2 is 0.943 bits per heavy atom. The van der Waals surface area contributed by atoms with Gasteiger partial charge in [0, 0.05) is 0 Å². The van der Waals surface area contributed by atoms with Crippen LogP contribution >= 0.6 is 0 Å². The van der Waals surface area contributed by atoms with E-state index in [9.17, 15) is 13.2 Å². The van der Waals surface area contributed by atoms with Crippen molar-refractivity contribution in [1.82, 2.24) is 0 Å². The molecule has 7 heteroatoms. The van der Waals surface area contributed by atoms with Gasteiger partial charge >= 0.3 is 16.4 Å².